The minimum atomic E-state index is -0.624. The molecule has 2 radical (unpaired) electrons. The van der Waals surface area contributed by atoms with Crippen LogP contribution in [0.2, 0.25) is 6.32 Å². The van der Waals surface area contributed by atoms with Crippen LogP contribution in [0.5, 0.6) is 0 Å². The number of unbranched alkanes of at least 4 members (excludes halogenated alkanes) is 14. The first kappa shape index (κ1) is 28.0. The predicted molar refractivity (Wildman–Crippen MR) is 125 cm³/mol. The van der Waals surface area contributed by atoms with E-state index in [1.807, 2.05) is 13.8 Å². The molecule has 0 rings (SSSR count). The highest BCUT2D eigenvalue weighted by atomic mass is 16.5. The summed E-state index contributed by atoms with van der Waals surface area (Å²) in [6, 6.07) is 0. The van der Waals surface area contributed by atoms with Crippen molar-refractivity contribution in [3.63, 3.8) is 0 Å². The van der Waals surface area contributed by atoms with Gasteiger partial charge in [-0.05, 0) is 40.5 Å². The molecule has 0 unspecified atom stereocenters. The van der Waals surface area contributed by atoms with Crippen molar-refractivity contribution >= 4 is 7.85 Å². The maximum atomic E-state index is 9.76. The summed E-state index contributed by atoms with van der Waals surface area (Å²) in [6.45, 7) is 8.69. The first-order valence-corrected chi connectivity index (χ1v) is 12.3. The predicted octanol–water partition coefficient (Wildman–Crippen LogP) is 7.77. The van der Waals surface area contributed by atoms with Gasteiger partial charge in [0, 0.05) is 0 Å². The molecule has 0 fully saturated rings. The zero-order valence-corrected chi connectivity index (χ0v) is 19.9. The summed E-state index contributed by atoms with van der Waals surface area (Å²) in [5.74, 6) is 0. The van der Waals surface area contributed by atoms with Crippen LogP contribution in [0.3, 0.4) is 0 Å². The highest BCUT2D eigenvalue weighted by Crippen LogP contribution is 2.21. The van der Waals surface area contributed by atoms with E-state index in [1.165, 1.54) is 96.3 Å². The van der Waals surface area contributed by atoms with Crippen LogP contribution < -0.4 is 0 Å². The van der Waals surface area contributed by atoms with E-state index in [-0.39, 0.29) is 5.60 Å². The van der Waals surface area contributed by atoms with Crippen LogP contribution in [0, 0.1) is 0 Å². The van der Waals surface area contributed by atoms with Crippen molar-refractivity contribution in [3.8, 4) is 0 Å². The van der Waals surface area contributed by atoms with Crippen molar-refractivity contribution in [2.24, 2.45) is 0 Å². The van der Waals surface area contributed by atoms with E-state index in [2.05, 4.69) is 13.8 Å². The fourth-order valence-electron chi connectivity index (χ4n) is 3.64. The standard InChI is InChI=1S/C25H51BO2/c1-24(2,27)21-23-28-25(3,4)20-18-16-14-12-10-8-6-5-7-9-11-13-15-17-19-22-26/h27H,5-23H2,1-4H3. The first-order chi connectivity index (χ1) is 13.3. The number of hydrogen-bond acceptors (Lipinski definition) is 2. The summed E-state index contributed by atoms with van der Waals surface area (Å²) in [7, 11) is 5.52. The fourth-order valence-corrected chi connectivity index (χ4v) is 3.64. The Morgan fingerprint density at radius 2 is 0.929 bits per heavy atom. The highest BCUT2D eigenvalue weighted by molar-refractivity contribution is 6.08. The van der Waals surface area contributed by atoms with Crippen LogP contribution in [0.1, 0.15) is 137 Å². The summed E-state index contributed by atoms with van der Waals surface area (Å²) in [5.41, 5.74) is -0.684. The lowest BCUT2D eigenvalue weighted by molar-refractivity contribution is -0.0510. The molecule has 0 bridgehead atoms. The summed E-state index contributed by atoms with van der Waals surface area (Å²) in [6.07, 6.45) is 23.3. The molecule has 1 N–H and O–H groups in total. The molecule has 0 aliphatic rings. The normalized spacial score (nSPS) is 12.6. The summed E-state index contributed by atoms with van der Waals surface area (Å²) in [5, 5.41) is 9.76. The smallest absolute Gasteiger partial charge is 0.0653 e. The highest BCUT2D eigenvalue weighted by Gasteiger charge is 2.20. The minimum absolute atomic E-state index is 0.0599. The van der Waals surface area contributed by atoms with Crippen LogP contribution in [-0.2, 0) is 4.74 Å². The van der Waals surface area contributed by atoms with Crippen molar-refractivity contribution in [1.82, 2.24) is 0 Å². The van der Waals surface area contributed by atoms with Gasteiger partial charge in [-0.1, -0.05) is 103 Å². The van der Waals surface area contributed by atoms with Gasteiger partial charge in [0.25, 0.3) is 0 Å². The van der Waals surface area contributed by atoms with E-state index >= 15 is 0 Å². The monoisotopic (exact) mass is 394 g/mol. The molecule has 0 heterocycles. The van der Waals surface area contributed by atoms with Gasteiger partial charge in [0.1, 0.15) is 0 Å². The molecule has 166 valence electrons. The zero-order valence-electron chi connectivity index (χ0n) is 19.9. The van der Waals surface area contributed by atoms with Crippen LogP contribution in [0.4, 0.5) is 0 Å². The summed E-state index contributed by atoms with van der Waals surface area (Å²) >= 11 is 0. The number of hydrogen-bond donors (Lipinski definition) is 1. The Morgan fingerprint density at radius 3 is 1.29 bits per heavy atom. The summed E-state index contributed by atoms with van der Waals surface area (Å²) in [4.78, 5) is 0. The average molecular weight is 394 g/mol. The van der Waals surface area contributed by atoms with E-state index in [0.29, 0.717) is 13.0 Å². The van der Waals surface area contributed by atoms with E-state index in [9.17, 15) is 5.11 Å². The minimum Gasteiger partial charge on any atom is -0.390 e. The molecule has 0 saturated heterocycles. The second kappa shape index (κ2) is 17.8. The van der Waals surface area contributed by atoms with Crippen LogP contribution in [0.15, 0.2) is 0 Å². The van der Waals surface area contributed by atoms with Gasteiger partial charge >= 0.3 is 0 Å². The largest absolute Gasteiger partial charge is 0.390 e. The Morgan fingerprint density at radius 1 is 0.571 bits per heavy atom. The third kappa shape index (κ3) is 22.3. The van der Waals surface area contributed by atoms with Gasteiger partial charge in [-0.25, -0.2) is 0 Å². The van der Waals surface area contributed by atoms with Crippen molar-refractivity contribution in [1.29, 1.82) is 0 Å². The van der Waals surface area contributed by atoms with Gasteiger partial charge in [-0.15, -0.1) is 0 Å². The molecule has 28 heavy (non-hydrogen) atoms. The molecule has 2 nitrogen and oxygen atoms in total. The van der Waals surface area contributed by atoms with Crippen molar-refractivity contribution in [3.05, 3.63) is 0 Å². The van der Waals surface area contributed by atoms with Gasteiger partial charge < -0.3 is 9.84 Å². The van der Waals surface area contributed by atoms with E-state index in [4.69, 9.17) is 12.6 Å². The Bertz CT molecular complexity index is 323. The quantitative estimate of drug-likeness (QED) is 0.159. The van der Waals surface area contributed by atoms with Crippen LogP contribution in [0.25, 0.3) is 0 Å². The maximum Gasteiger partial charge on any atom is 0.0653 e. The SMILES string of the molecule is [B]CCCCCCCCCCCCCCCCCC(C)(C)OCCC(C)(C)O. The maximum absolute atomic E-state index is 9.76. The lowest BCUT2D eigenvalue weighted by Gasteiger charge is -2.27. The molecule has 0 aliphatic carbocycles. The number of rotatable bonds is 21. The zero-order chi connectivity index (χ0) is 21.1. The number of ether oxygens (including phenoxy) is 1. The average Bonchev–Trinajstić information content (AvgIpc) is 2.60. The molecular weight excluding hydrogens is 343 g/mol. The second-order valence-corrected chi connectivity index (χ2v) is 10.0. The Balaban J connectivity index is 3.28. The molecule has 3 heteroatoms. The van der Waals surface area contributed by atoms with Crippen molar-refractivity contribution < 1.29 is 9.84 Å². The number of aliphatic hydroxyl groups is 1. The van der Waals surface area contributed by atoms with Crippen LogP contribution in [-0.4, -0.2) is 30.8 Å². The first-order valence-electron chi connectivity index (χ1n) is 12.3. The molecule has 0 atom stereocenters. The Kier molecular flexibility index (Phi) is 17.8. The third-order valence-corrected chi connectivity index (χ3v) is 5.69. The molecule has 0 aliphatic heterocycles. The lowest BCUT2D eigenvalue weighted by atomic mass is 9.98. The molecule has 0 aromatic carbocycles. The Labute approximate surface area is 179 Å². The molecule has 0 spiro atoms. The summed E-state index contributed by atoms with van der Waals surface area (Å²) < 4.78 is 5.96. The molecule has 0 aromatic rings. The fraction of sp³-hybridized carbons (Fsp3) is 1.00. The molecule has 0 saturated carbocycles. The topological polar surface area (TPSA) is 29.5 Å². The van der Waals surface area contributed by atoms with Gasteiger partial charge in [0.15, 0.2) is 0 Å². The van der Waals surface area contributed by atoms with Gasteiger partial charge in [-0.3, -0.25) is 0 Å². The van der Waals surface area contributed by atoms with E-state index in [0.717, 1.165) is 12.7 Å². The van der Waals surface area contributed by atoms with E-state index < -0.39 is 5.60 Å². The van der Waals surface area contributed by atoms with Gasteiger partial charge in [0.2, 0.25) is 0 Å². The van der Waals surface area contributed by atoms with E-state index in [1.54, 1.807) is 0 Å². The second-order valence-electron chi connectivity index (χ2n) is 10.0. The Hall–Kier alpha value is -0.0151. The van der Waals surface area contributed by atoms with Crippen molar-refractivity contribution in [2.75, 3.05) is 6.61 Å². The lowest BCUT2D eigenvalue weighted by Crippen LogP contribution is -2.28. The van der Waals surface area contributed by atoms with Gasteiger partial charge in [-0.2, -0.15) is 0 Å². The molecular formula is C25H51BO2. The molecule has 0 amide bonds. The molecule has 0 aromatic heterocycles. The third-order valence-electron chi connectivity index (χ3n) is 5.69. The van der Waals surface area contributed by atoms with Gasteiger partial charge in [0.05, 0.1) is 25.7 Å². The van der Waals surface area contributed by atoms with Crippen LogP contribution >= 0.6 is 0 Å². The van der Waals surface area contributed by atoms with Crippen molar-refractivity contribution in [2.45, 2.75) is 154 Å².